The molecule has 1 aliphatic rings. The average Bonchev–Trinajstić information content (AvgIpc) is 2.15. The Hall–Kier alpha value is -1.28. The number of carbonyl (C=O) groups is 1. The third-order valence-electron chi connectivity index (χ3n) is 3.47. The lowest BCUT2D eigenvalue weighted by Crippen LogP contribution is -2.27. The third kappa shape index (κ3) is 3.34. The van der Waals surface area contributed by atoms with Crippen LogP contribution in [0.25, 0.3) is 10.4 Å². The highest BCUT2D eigenvalue weighted by Gasteiger charge is 2.32. The van der Waals surface area contributed by atoms with E-state index < -0.39 is 0 Å². The molecule has 1 rings (SSSR count). The van der Waals surface area contributed by atoms with Crippen molar-refractivity contribution < 1.29 is 4.79 Å². The van der Waals surface area contributed by atoms with Crippen molar-refractivity contribution in [2.75, 3.05) is 0 Å². The van der Waals surface area contributed by atoms with Crippen molar-refractivity contribution >= 4 is 5.78 Å². The van der Waals surface area contributed by atoms with Crippen LogP contribution in [-0.2, 0) is 4.79 Å². The molecule has 0 radical (unpaired) electrons. The minimum Gasteiger partial charge on any atom is -0.295 e. The molecule has 4 nitrogen and oxygen atoms in total. The zero-order valence-corrected chi connectivity index (χ0v) is 11.2. The van der Waals surface area contributed by atoms with E-state index in [1.165, 1.54) is 5.57 Å². The number of allylic oxidation sites excluding steroid dienone is 2. The van der Waals surface area contributed by atoms with E-state index >= 15 is 0 Å². The Balaban J connectivity index is 2.90. The monoisotopic (exact) mass is 235 g/mol. The number of ketones is 1. The van der Waals surface area contributed by atoms with Gasteiger partial charge in [-0.1, -0.05) is 31.5 Å². The lowest BCUT2D eigenvalue weighted by Gasteiger charge is -2.33. The van der Waals surface area contributed by atoms with Gasteiger partial charge in [0.05, 0.1) is 0 Å². The van der Waals surface area contributed by atoms with Gasteiger partial charge >= 0.3 is 0 Å². The third-order valence-corrected chi connectivity index (χ3v) is 3.47. The molecule has 1 unspecified atom stereocenters. The molecule has 0 fully saturated rings. The Morgan fingerprint density at radius 2 is 2.24 bits per heavy atom. The van der Waals surface area contributed by atoms with Gasteiger partial charge in [0.15, 0.2) is 5.78 Å². The van der Waals surface area contributed by atoms with Gasteiger partial charge in [0.25, 0.3) is 0 Å². The van der Waals surface area contributed by atoms with E-state index in [0.29, 0.717) is 6.42 Å². The van der Waals surface area contributed by atoms with Crippen LogP contribution in [0.4, 0.5) is 0 Å². The van der Waals surface area contributed by atoms with Crippen molar-refractivity contribution in [1.82, 2.24) is 0 Å². The van der Waals surface area contributed by atoms with Gasteiger partial charge in [-0.3, -0.25) is 4.79 Å². The highest BCUT2D eigenvalue weighted by atomic mass is 16.1. The smallest absolute Gasteiger partial charge is 0.159 e. The van der Waals surface area contributed by atoms with Crippen LogP contribution < -0.4 is 0 Å². The Bertz CT molecular complexity index is 389. The summed E-state index contributed by atoms with van der Waals surface area (Å²) in [6.07, 6.45) is 3.55. The summed E-state index contributed by atoms with van der Waals surface area (Å²) in [5, 5.41) is 3.57. The topological polar surface area (TPSA) is 65.8 Å². The summed E-state index contributed by atoms with van der Waals surface area (Å²) in [6, 6.07) is -0.259. The molecule has 0 heterocycles. The van der Waals surface area contributed by atoms with Gasteiger partial charge in [-0.05, 0) is 42.7 Å². The van der Waals surface area contributed by atoms with Gasteiger partial charge in [-0.2, -0.15) is 0 Å². The molecule has 0 N–H and O–H groups in total. The van der Waals surface area contributed by atoms with Gasteiger partial charge in [0.2, 0.25) is 0 Å². The Kier molecular flexibility index (Phi) is 4.35. The summed E-state index contributed by atoms with van der Waals surface area (Å²) in [5.74, 6) is 0.145. The molecule has 0 spiro atoms. The maximum atomic E-state index is 12.3. The predicted molar refractivity (Wildman–Crippen MR) is 68.6 cm³/mol. The molecule has 0 amide bonds. The van der Waals surface area contributed by atoms with Gasteiger partial charge in [0, 0.05) is 17.4 Å². The zero-order valence-electron chi connectivity index (χ0n) is 11.2. The molecular formula is C13H21N3O. The first kappa shape index (κ1) is 13.8. The molecule has 1 atom stereocenters. The fourth-order valence-corrected chi connectivity index (χ4v) is 2.74. The van der Waals surface area contributed by atoms with E-state index in [2.05, 4.69) is 23.9 Å². The Morgan fingerprint density at radius 3 is 2.76 bits per heavy atom. The number of hydrogen-bond donors (Lipinski definition) is 0. The highest BCUT2D eigenvalue weighted by molar-refractivity contribution is 5.97. The second kappa shape index (κ2) is 5.37. The average molecular weight is 235 g/mol. The predicted octanol–water partition coefficient (Wildman–Crippen LogP) is 4.17. The van der Waals surface area contributed by atoms with Gasteiger partial charge < -0.3 is 0 Å². The largest absolute Gasteiger partial charge is 0.295 e. The summed E-state index contributed by atoms with van der Waals surface area (Å²) in [5.41, 5.74) is 10.5. The first-order valence-electron chi connectivity index (χ1n) is 6.16. The van der Waals surface area contributed by atoms with E-state index in [1.807, 2.05) is 6.92 Å². The van der Waals surface area contributed by atoms with Gasteiger partial charge in [0.1, 0.15) is 0 Å². The maximum absolute atomic E-state index is 12.3. The van der Waals surface area contributed by atoms with Gasteiger partial charge in [-0.15, -0.1) is 0 Å². The van der Waals surface area contributed by atoms with E-state index in [0.717, 1.165) is 24.8 Å². The van der Waals surface area contributed by atoms with E-state index in [4.69, 9.17) is 5.53 Å². The Labute approximate surface area is 103 Å². The highest BCUT2D eigenvalue weighted by Crippen LogP contribution is 2.41. The SMILES string of the molecule is CC1=C(C(=O)CC(C)N=[N+]=[N-])C(C)(C)CCC1. The summed E-state index contributed by atoms with van der Waals surface area (Å²) >= 11 is 0. The summed E-state index contributed by atoms with van der Waals surface area (Å²) in [7, 11) is 0. The van der Waals surface area contributed by atoms with Crippen molar-refractivity contribution in [2.24, 2.45) is 10.5 Å². The number of rotatable bonds is 4. The van der Waals surface area contributed by atoms with Crippen LogP contribution >= 0.6 is 0 Å². The Morgan fingerprint density at radius 1 is 1.59 bits per heavy atom. The van der Waals surface area contributed by atoms with Gasteiger partial charge in [-0.25, -0.2) is 0 Å². The van der Waals surface area contributed by atoms with Crippen LogP contribution in [0, 0.1) is 5.41 Å². The quantitative estimate of drug-likeness (QED) is 0.409. The fraction of sp³-hybridized carbons (Fsp3) is 0.769. The molecular weight excluding hydrogens is 214 g/mol. The first-order valence-corrected chi connectivity index (χ1v) is 6.16. The molecule has 0 bridgehead atoms. The lowest BCUT2D eigenvalue weighted by atomic mass is 9.70. The minimum absolute atomic E-state index is 0.0322. The molecule has 0 aromatic rings. The molecule has 0 aliphatic heterocycles. The maximum Gasteiger partial charge on any atom is 0.159 e. The summed E-state index contributed by atoms with van der Waals surface area (Å²) < 4.78 is 0. The zero-order chi connectivity index (χ0) is 13.1. The van der Waals surface area contributed by atoms with E-state index in [-0.39, 0.29) is 17.2 Å². The van der Waals surface area contributed by atoms with Crippen LogP contribution in [0.1, 0.15) is 53.4 Å². The van der Waals surface area contributed by atoms with Crippen LogP contribution in [-0.4, -0.2) is 11.8 Å². The van der Waals surface area contributed by atoms with E-state index in [1.54, 1.807) is 6.92 Å². The summed E-state index contributed by atoms with van der Waals surface area (Å²) in [4.78, 5) is 15.0. The van der Waals surface area contributed by atoms with Crippen molar-refractivity contribution in [3.05, 3.63) is 21.6 Å². The molecule has 0 saturated heterocycles. The molecule has 94 valence electrons. The number of Topliss-reactive ketones (excluding diaryl/α,β-unsaturated/α-hetero) is 1. The number of carbonyl (C=O) groups excluding carboxylic acids is 1. The summed E-state index contributed by atoms with van der Waals surface area (Å²) in [6.45, 7) is 8.08. The molecule has 0 aromatic heterocycles. The molecule has 0 saturated carbocycles. The molecule has 17 heavy (non-hydrogen) atoms. The minimum atomic E-state index is -0.259. The number of hydrogen-bond acceptors (Lipinski definition) is 2. The normalized spacial score (nSPS) is 20.7. The van der Waals surface area contributed by atoms with E-state index in [9.17, 15) is 4.79 Å². The fourth-order valence-electron chi connectivity index (χ4n) is 2.74. The van der Waals surface area contributed by atoms with Crippen LogP contribution in [0.3, 0.4) is 0 Å². The standard InChI is InChI=1S/C13H21N3O/c1-9-6-5-7-13(3,4)12(9)11(17)8-10(2)15-16-14/h10H,5-8H2,1-4H3. The number of nitrogens with zero attached hydrogens (tertiary/aromatic N) is 3. The first-order chi connectivity index (χ1) is 7.88. The van der Waals surface area contributed by atoms with Crippen LogP contribution in [0.15, 0.2) is 16.3 Å². The number of azide groups is 1. The van der Waals surface area contributed by atoms with Crippen LogP contribution in [0.2, 0.25) is 0 Å². The molecule has 4 heteroatoms. The second-order valence-corrected chi connectivity index (χ2v) is 5.57. The van der Waals surface area contributed by atoms with Crippen molar-refractivity contribution in [3.8, 4) is 0 Å². The van der Waals surface area contributed by atoms with Crippen molar-refractivity contribution in [3.63, 3.8) is 0 Å². The second-order valence-electron chi connectivity index (χ2n) is 5.57. The van der Waals surface area contributed by atoms with Crippen molar-refractivity contribution in [1.29, 1.82) is 0 Å². The lowest BCUT2D eigenvalue weighted by molar-refractivity contribution is -0.117. The van der Waals surface area contributed by atoms with Crippen molar-refractivity contribution in [2.45, 2.75) is 59.4 Å². The molecule has 0 aromatic carbocycles. The van der Waals surface area contributed by atoms with Crippen LogP contribution in [0.5, 0.6) is 0 Å². The molecule has 1 aliphatic carbocycles.